The van der Waals surface area contributed by atoms with Crippen molar-refractivity contribution in [3.63, 3.8) is 0 Å². The zero-order valence-corrected chi connectivity index (χ0v) is 15.1. The van der Waals surface area contributed by atoms with Crippen LogP contribution in [-0.4, -0.2) is 27.6 Å². The van der Waals surface area contributed by atoms with Gasteiger partial charge in [0.1, 0.15) is 19.0 Å². The molecule has 0 unspecified atom stereocenters. The summed E-state index contributed by atoms with van der Waals surface area (Å²) in [5.41, 5.74) is 1.42. The maximum absolute atomic E-state index is 12.7. The molecule has 6 nitrogen and oxygen atoms in total. The Morgan fingerprint density at radius 3 is 2.04 bits per heavy atom. The number of hydrogen-bond donors (Lipinski definition) is 0. The highest BCUT2D eigenvalue weighted by atomic mass is 16.5. The first kappa shape index (κ1) is 17.6. The van der Waals surface area contributed by atoms with E-state index in [0.717, 1.165) is 11.4 Å². The van der Waals surface area contributed by atoms with Gasteiger partial charge in [0.25, 0.3) is 5.56 Å². The maximum Gasteiger partial charge on any atom is 0.275 e. The first-order chi connectivity index (χ1) is 13.8. The SMILES string of the molecule is O=c1cc(OCCOc2cccnc2)n(-c2ccccc2)n1-c1ccccc1. The highest BCUT2D eigenvalue weighted by Gasteiger charge is 2.15. The van der Waals surface area contributed by atoms with Crippen molar-refractivity contribution in [2.75, 3.05) is 13.2 Å². The third kappa shape index (κ3) is 3.81. The molecule has 0 amide bonds. The first-order valence-electron chi connectivity index (χ1n) is 8.94. The molecule has 0 N–H and O–H groups in total. The molecule has 2 heterocycles. The van der Waals surface area contributed by atoms with Gasteiger partial charge in [-0.1, -0.05) is 36.4 Å². The van der Waals surface area contributed by atoms with E-state index in [-0.39, 0.29) is 5.56 Å². The van der Waals surface area contributed by atoms with Gasteiger partial charge in [-0.15, -0.1) is 0 Å². The monoisotopic (exact) mass is 373 g/mol. The van der Waals surface area contributed by atoms with Gasteiger partial charge in [-0.05, 0) is 36.4 Å². The van der Waals surface area contributed by atoms with Crippen molar-refractivity contribution in [2.45, 2.75) is 0 Å². The predicted octanol–water partition coefficient (Wildman–Crippen LogP) is 3.48. The molecule has 0 spiro atoms. The van der Waals surface area contributed by atoms with E-state index in [1.165, 1.54) is 6.07 Å². The Bertz CT molecular complexity index is 1070. The Balaban J connectivity index is 1.61. The van der Waals surface area contributed by atoms with Crippen molar-refractivity contribution in [3.05, 3.63) is 102 Å². The van der Waals surface area contributed by atoms with Crippen LogP contribution in [0.5, 0.6) is 11.6 Å². The Kier molecular flexibility index (Phi) is 5.20. The summed E-state index contributed by atoms with van der Waals surface area (Å²) >= 11 is 0. The Hall–Kier alpha value is -3.80. The van der Waals surface area contributed by atoms with Gasteiger partial charge in [-0.3, -0.25) is 9.78 Å². The Labute approximate surface area is 162 Å². The van der Waals surface area contributed by atoms with E-state index in [1.54, 1.807) is 21.8 Å². The van der Waals surface area contributed by atoms with E-state index >= 15 is 0 Å². The molecule has 2 aromatic carbocycles. The molecule has 0 bridgehead atoms. The van der Waals surface area contributed by atoms with E-state index in [1.807, 2.05) is 72.8 Å². The minimum atomic E-state index is -0.168. The van der Waals surface area contributed by atoms with Crippen LogP contribution in [0.4, 0.5) is 0 Å². The predicted molar refractivity (Wildman–Crippen MR) is 107 cm³/mol. The normalized spacial score (nSPS) is 10.6. The van der Waals surface area contributed by atoms with Crippen LogP contribution in [-0.2, 0) is 0 Å². The first-order valence-corrected chi connectivity index (χ1v) is 8.94. The summed E-state index contributed by atoms with van der Waals surface area (Å²) < 4.78 is 14.9. The summed E-state index contributed by atoms with van der Waals surface area (Å²) in [6.07, 6.45) is 3.33. The smallest absolute Gasteiger partial charge is 0.275 e. The Morgan fingerprint density at radius 1 is 0.750 bits per heavy atom. The Morgan fingerprint density at radius 2 is 1.39 bits per heavy atom. The standard InChI is InChI=1S/C22H19N3O3/c26-21-16-22(28-15-14-27-20-12-7-13-23-17-20)25(19-10-5-2-6-11-19)24(21)18-8-3-1-4-9-18/h1-13,16-17H,14-15H2. The molecular formula is C22H19N3O3. The lowest BCUT2D eigenvalue weighted by Crippen LogP contribution is -2.20. The summed E-state index contributed by atoms with van der Waals surface area (Å²) in [6.45, 7) is 0.630. The highest BCUT2D eigenvalue weighted by molar-refractivity contribution is 5.40. The summed E-state index contributed by atoms with van der Waals surface area (Å²) in [4.78, 5) is 16.7. The summed E-state index contributed by atoms with van der Waals surface area (Å²) in [5.74, 6) is 1.13. The highest BCUT2D eigenvalue weighted by Crippen LogP contribution is 2.20. The second-order valence-electron chi connectivity index (χ2n) is 6.00. The number of rotatable bonds is 7. The average molecular weight is 373 g/mol. The fraction of sp³-hybridized carbons (Fsp3) is 0.0909. The van der Waals surface area contributed by atoms with E-state index in [4.69, 9.17) is 9.47 Å². The fourth-order valence-electron chi connectivity index (χ4n) is 2.89. The number of para-hydroxylation sites is 2. The van der Waals surface area contributed by atoms with Crippen LogP contribution in [0, 0.1) is 0 Å². The van der Waals surface area contributed by atoms with Crippen LogP contribution in [0.25, 0.3) is 11.4 Å². The van der Waals surface area contributed by atoms with Gasteiger partial charge < -0.3 is 9.47 Å². The van der Waals surface area contributed by atoms with Crippen LogP contribution in [0.15, 0.2) is 96.1 Å². The molecule has 0 radical (unpaired) electrons. The van der Waals surface area contributed by atoms with Crippen LogP contribution in [0.2, 0.25) is 0 Å². The fourth-order valence-corrected chi connectivity index (χ4v) is 2.89. The topological polar surface area (TPSA) is 58.3 Å². The molecule has 0 aliphatic carbocycles. The summed E-state index contributed by atoms with van der Waals surface area (Å²) in [6, 6.07) is 24.2. The molecule has 4 rings (SSSR count). The number of ether oxygens (including phenoxy) is 2. The summed E-state index contributed by atoms with van der Waals surface area (Å²) in [7, 11) is 0. The van der Waals surface area contributed by atoms with Gasteiger partial charge >= 0.3 is 0 Å². The van der Waals surface area contributed by atoms with Crippen LogP contribution in [0.3, 0.4) is 0 Å². The minimum absolute atomic E-state index is 0.168. The lowest BCUT2D eigenvalue weighted by Gasteiger charge is -2.15. The second-order valence-corrected chi connectivity index (χ2v) is 6.00. The molecule has 140 valence electrons. The number of nitrogens with zero attached hydrogens (tertiary/aromatic N) is 3. The van der Waals surface area contributed by atoms with E-state index in [2.05, 4.69) is 4.98 Å². The molecule has 0 saturated carbocycles. The third-order valence-corrected chi connectivity index (χ3v) is 4.10. The maximum atomic E-state index is 12.7. The minimum Gasteiger partial charge on any atom is -0.488 e. The molecule has 2 aromatic heterocycles. The van der Waals surface area contributed by atoms with E-state index in [9.17, 15) is 4.79 Å². The summed E-state index contributed by atoms with van der Waals surface area (Å²) in [5, 5.41) is 0. The van der Waals surface area contributed by atoms with Crippen molar-refractivity contribution >= 4 is 0 Å². The number of hydrogen-bond acceptors (Lipinski definition) is 4. The number of aromatic nitrogens is 3. The van der Waals surface area contributed by atoms with Gasteiger partial charge in [0.15, 0.2) is 0 Å². The van der Waals surface area contributed by atoms with Crippen molar-refractivity contribution in [1.82, 2.24) is 14.3 Å². The van der Waals surface area contributed by atoms with E-state index < -0.39 is 0 Å². The molecule has 4 aromatic rings. The quantitative estimate of drug-likeness (QED) is 0.466. The van der Waals surface area contributed by atoms with Crippen molar-refractivity contribution in [3.8, 4) is 23.0 Å². The van der Waals surface area contributed by atoms with Gasteiger partial charge in [-0.25, -0.2) is 9.36 Å². The number of benzene rings is 2. The van der Waals surface area contributed by atoms with Gasteiger partial charge in [0.05, 0.1) is 23.6 Å². The molecule has 0 saturated heterocycles. The van der Waals surface area contributed by atoms with Crippen molar-refractivity contribution in [1.29, 1.82) is 0 Å². The van der Waals surface area contributed by atoms with Crippen molar-refractivity contribution < 1.29 is 9.47 Å². The second kappa shape index (κ2) is 8.26. The van der Waals surface area contributed by atoms with Gasteiger partial charge in [0.2, 0.25) is 5.88 Å². The average Bonchev–Trinajstić information content (AvgIpc) is 3.09. The molecule has 6 heteroatoms. The van der Waals surface area contributed by atoms with Gasteiger partial charge in [-0.2, -0.15) is 0 Å². The van der Waals surface area contributed by atoms with Gasteiger partial charge in [0, 0.05) is 6.20 Å². The van der Waals surface area contributed by atoms with Crippen LogP contribution < -0.4 is 15.0 Å². The van der Waals surface area contributed by atoms with Crippen LogP contribution in [0.1, 0.15) is 0 Å². The molecular weight excluding hydrogens is 354 g/mol. The molecule has 0 fully saturated rings. The molecule has 0 aliphatic heterocycles. The third-order valence-electron chi connectivity index (χ3n) is 4.10. The number of pyridine rings is 1. The lowest BCUT2D eigenvalue weighted by molar-refractivity contribution is 0.207. The molecule has 0 aliphatic rings. The van der Waals surface area contributed by atoms with E-state index in [0.29, 0.717) is 24.8 Å². The van der Waals surface area contributed by atoms with Crippen molar-refractivity contribution in [2.24, 2.45) is 0 Å². The van der Waals surface area contributed by atoms with Crippen LogP contribution >= 0.6 is 0 Å². The molecule has 28 heavy (non-hydrogen) atoms. The lowest BCUT2D eigenvalue weighted by atomic mass is 10.3. The largest absolute Gasteiger partial charge is 0.488 e. The zero-order chi connectivity index (χ0) is 19.2. The molecule has 0 atom stereocenters. The zero-order valence-electron chi connectivity index (χ0n) is 15.1.